The van der Waals surface area contributed by atoms with Gasteiger partial charge in [0.15, 0.2) is 5.82 Å². The predicted octanol–water partition coefficient (Wildman–Crippen LogP) is 5.14. The smallest absolute Gasteiger partial charge is 0.386 e. The lowest BCUT2D eigenvalue weighted by atomic mass is 9.94. The number of alkyl halides is 3. The molecule has 3 heterocycles. The number of allylic oxidation sites excluding steroid dienone is 4. The van der Waals surface area contributed by atoms with Crippen LogP contribution in [0.1, 0.15) is 68.0 Å². The molecule has 1 saturated heterocycles. The summed E-state index contributed by atoms with van der Waals surface area (Å²) in [6.45, 7) is 6.43. The molecule has 0 radical (unpaired) electrons. The Morgan fingerprint density at radius 1 is 1.05 bits per heavy atom. The molecule has 6 nitrogen and oxygen atoms in total. The Morgan fingerprint density at radius 3 is 2.51 bits per heavy atom. The van der Waals surface area contributed by atoms with E-state index in [9.17, 15) is 18.3 Å². The summed E-state index contributed by atoms with van der Waals surface area (Å²) in [5, 5.41) is 19.6. The molecule has 1 aliphatic heterocycles. The molecular weight excluding hydrogens is 479 g/mol. The lowest BCUT2D eigenvalue weighted by Crippen LogP contribution is -2.53. The second kappa shape index (κ2) is 9.74. The molecule has 0 unspecified atom stereocenters. The Balaban J connectivity index is 1.36. The van der Waals surface area contributed by atoms with Crippen LogP contribution in [0.25, 0.3) is 0 Å². The van der Waals surface area contributed by atoms with Crippen LogP contribution in [0.15, 0.2) is 36.1 Å². The molecule has 0 bridgehead atoms. The molecule has 9 heteroatoms. The molecule has 1 atom stereocenters. The molecular formula is C28H34F3N5O. The average molecular weight is 514 g/mol. The molecule has 2 aromatic heterocycles. The van der Waals surface area contributed by atoms with Crippen LogP contribution in [-0.4, -0.2) is 46.0 Å². The van der Waals surface area contributed by atoms with Crippen molar-refractivity contribution >= 4 is 11.6 Å². The van der Waals surface area contributed by atoms with E-state index in [-0.39, 0.29) is 17.4 Å². The van der Waals surface area contributed by atoms with Crippen molar-refractivity contribution in [1.29, 1.82) is 0 Å². The topological polar surface area (TPSA) is 65.4 Å². The van der Waals surface area contributed by atoms with E-state index in [1.165, 1.54) is 30.5 Å². The lowest BCUT2D eigenvalue weighted by Gasteiger charge is -2.41. The summed E-state index contributed by atoms with van der Waals surface area (Å²) in [6, 6.07) is 0.992. The number of hydrogen-bond acceptors (Lipinski definition) is 6. The van der Waals surface area contributed by atoms with Gasteiger partial charge in [0.05, 0.1) is 16.9 Å². The third-order valence-electron chi connectivity index (χ3n) is 7.62. The van der Waals surface area contributed by atoms with Crippen LogP contribution in [-0.2, 0) is 31.0 Å². The maximum atomic E-state index is 13.8. The standard InChI is InChI=1S/C28H34F3N5O/c1-18-17-35(12-13-36(18)25-15-22(28(29,30)31)23(16-32-25)27(2,3)37)26-21-11-7-10-20(21)24(33-34-26)14-19-8-5-4-6-9-19/h5,8-9,15-16,18,37H,4,6-7,10-14,17H2,1-3H3/t18-/m1/s1. The quantitative estimate of drug-likeness (QED) is 0.597. The van der Waals surface area contributed by atoms with Gasteiger partial charge in [-0.15, -0.1) is 5.10 Å². The van der Waals surface area contributed by atoms with Crippen molar-refractivity contribution in [3.63, 3.8) is 0 Å². The number of nitrogens with zero attached hydrogens (tertiary/aromatic N) is 5. The molecule has 5 rings (SSSR count). The summed E-state index contributed by atoms with van der Waals surface area (Å²) in [4.78, 5) is 8.45. The Bertz CT molecular complexity index is 1230. The van der Waals surface area contributed by atoms with Gasteiger partial charge in [-0.2, -0.15) is 18.3 Å². The van der Waals surface area contributed by atoms with Crippen LogP contribution in [0.5, 0.6) is 0 Å². The van der Waals surface area contributed by atoms with Gasteiger partial charge in [0.25, 0.3) is 0 Å². The van der Waals surface area contributed by atoms with Crippen molar-refractivity contribution in [2.45, 2.75) is 77.1 Å². The molecule has 37 heavy (non-hydrogen) atoms. The van der Waals surface area contributed by atoms with Crippen molar-refractivity contribution in [2.75, 3.05) is 29.4 Å². The number of rotatable bonds is 5. The summed E-state index contributed by atoms with van der Waals surface area (Å²) in [7, 11) is 0. The van der Waals surface area contributed by atoms with Gasteiger partial charge in [-0.3, -0.25) is 0 Å². The second-order valence-corrected chi connectivity index (χ2v) is 10.8. The molecule has 0 saturated carbocycles. The molecule has 2 aliphatic carbocycles. The van der Waals surface area contributed by atoms with E-state index >= 15 is 0 Å². The van der Waals surface area contributed by atoms with E-state index in [0.717, 1.165) is 62.3 Å². The van der Waals surface area contributed by atoms with Crippen molar-refractivity contribution in [3.8, 4) is 0 Å². The van der Waals surface area contributed by atoms with Crippen LogP contribution in [0.4, 0.5) is 24.8 Å². The van der Waals surface area contributed by atoms with Crippen molar-refractivity contribution in [3.05, 3.63) is 64.0 Å². The highest BCUT2D eigenvalue weighted by atomic mass is 19.4. The van der Waals surface area contributed by atoms with E-state index in [2.05, 4.69) is 38.3 Å². The van der Waals surface area contributed by atoms with Gasteiger partial charge in [0.1, 0.15) is 5.82 Å². The average Bonchev–Trinajstić information content (AvgIpc) is 3.34. The fraction of sp³-hybridized carbons (Fsp3) is 0.536. The highest BCUT2D eigenvalue weighted by Gasteiger charge is 2.39. The SMILES string of the molecule is C[C@@H]1CN(c2nnc(CC3=CCCC=C3)c3c2CCC3)CCN1c1cc(C(F)(F)F)c(C(C)(C)O)cn1. The molecule has 3 aliphatic rings. The monoisotopic (exact) mass is 513 g/mol. The normalized spacial score (nSPS) is 20.3. The van der Waals surface area contributed by atoms with E-state index in [1.807, 2.05) is 11.8 Å². The summed E-state index contributed by atoms with van der Waals surface area (Å²) < 4.78 is 41.5. The molecule has 0 aromatic carbocycles. The zero-order chi connectivity index (χ0) is 26.4. The van der Waals surface area contributed by atoms with Gasteiger partial charge in [0.2, 0.25) is 0 Å². The highest BCUT2D eigenvalue weighted by molar-refractivity contribution is 5.56. The number of halogens is 3. The molecule has 0 spiro atoms. The summed E-state index contributed by atoms with van der Waals surface area (Å²) >= 11 is 0. The fourth-order valence-electron chi connectivity index (χ4n) is 5.74. The molecule has 2 aromatic rings. The zero-order valence-electron chi connectivity index (χ0n) is 21.6. The van der Waals surface area contributed by atoms with Gasteiger partial charge in [0, 0.05) is 49.4 Å². The largest absolute Gasteiger partial charge is 0.416 e. The minimum atomic E-state index is -4.58. The van der Waals surface area contributed by atoms with E-state index < -0.39 is 17.3 Å². The predicted molar refractivity (Wildman–Crippen MR) is 138 cm³/mol. The number of hydrogen-bond donors (Lipinski definition) is 1. The van der Waals surface area contributed by atoms with Crippen LogP contribution in [0.3, 0.4) is 0 Å². The molecule has 1 N–H and O–H groups in total. The Kier molecular flexibility index (Phi) is 6.77. The van der Waals surface area contributed by atoms with E-state index in [0.29, 0.717) is 19.6 Å². The number of pyridine rings is 1. The first-order valence-corrected chi connectivity index (χ1v) is 13.1. The molecule has 1 fully saturated rings. The van der Waals surface area contributed by atoms with Gasteiger partial charge >= 0.3 is 6.18 Å². The number of aromatic nitrogens is 3. The first-order chi connectivity index (χ1) is 17.5. The summed E-state index contributed by atoms with van der Waals surface area (Å²) in [5.41, 5.74) is 2.25. The Hall–Kier alpha value is -2.94. The van der Waals surface area contributed by atoms with Crippen LogP contribution in [0, 0.1) is 0 Å². The second-order valence-electron chi connectivity index (χ2n) is 10.8. The Labute approximate surface area is 215 Å². The lowest BCUT2D eigenvalue weighted by molar-refractivity contribution is -0.140. The van der Waals surface area contributed by atoms with Crippen molar-refractivity contribution in [2.24, 2.45) is 0 Å². The highest BCUT2D eigenvalue weighted by Crippen LogP contribution is 2.39. The number of fused-ring (bicyclic) bond motifs is 1. The maximum absolute atomic E-state index is 13.8. The number of piperazine rings is 1. The first-order valence-electron chi connectivity index (χ1n) is 13.1. The third-order valence-corrected chi connectivity index (χ3v) is 7.62. The van der Waals surface area contributed by atoms with Gasteiger partial charge in [-0.1, -0.05) is 18.2 Å². The van der Waals surface area contributed by atoms with Crippen LogP contribution in [0.2, 0.25) is 0 Å². The molecule has 198 valence electrons. The minimum Gasteiger partial charge on any atom is -0.386 e. The summed E-state index contributed by atoms with van der Waals surface area (Å²) in [5.74, 6) is 1.19. The maximum Gasteiger partial charge on any atom is 0.416 e. The van der Waals surface area contributed by atoms with Gasteiger partial charge < -0.3 is 14.9 Å². The van der Waals surface area contributed by atoms with E-state index in [4.69, 9.17) is 0 Å². The van der Waals surface area contributed by atoms with Gasteiger partial charge in [-0.05, 0) is 70.1 Å². The zero-order valence-corrected chi connectivity index (χ0v) is 21.6. The van der Waals surface area contributed by atoms with Crippen LogP contribution >= 0.6 is 0 Å². The molecule has 0 amide bonds. The third kappa shape index (κ3) is 5.23. The van der Waals surface area contributed by atoms with E-state index in [1.54, 1.807) is 0 Å². The van der Waals surface area contributed by atoms with Crippen LogP contribution < -0.4 is 9.80 Å². The Morgan fingerprint density at radius 2 is 1.84 bits per heavy atom. The van der Waals surface area contributed by atoms with Gasteiger partial charge in [-0.25, -0.2) is 4.98 Å². The van der Waals surface area contributed by atoms with Crippen molar-refractivity contribution < 1.29 is 18.3 Å². The fourth-order valence-corrected chi connectivity index (χ4v) is 5.74. The number of anilines is 2. The minimum absolute atomic E-state index is 0.0774. The van der Waals surface area contributed by atoms with Crippen molar-refractivity contribution in [1.82, 2.24) is 15.2 Å². The number of aliphatic hydroxyl groups is 1. The summed E-state index contributed by atoms with van der Waals surface area (Å²) in [6.07, 6.45) is 9.30. The first kappa shape index (κ1) is 25.7.